The molecular formula is C26H26FNO4. The summed E-state index contributed by atoms with van der Waals surface area (Å²) >= 11 is 0. The van der Waals surface area contributed by atoms with Gasteiger partial charge in [-0.2, -0.15) is 0 Å². The number of carbonyl (C=O) groups is 1. The van der Waals surface area contributed by atoms with Gasteiger partial charge in [0, 0.05) is 17.5 Å². The fourth-order valence-corrected chi connectivity index (χ4v) is 4.31. The molecule has 2 aromatic carbocycles. The largest absolute Gasteiger partial charge is 0.458 e. The molecule has 0 aliphatic carbocycles. The highest BCUT2D eigenvalue weighted by atomic mass is 19.1. The number of aliphatic hydroxyl groups is 1. The van der Waals surface area contributed by atoms with Gasteiger partial charge in [-0.25, -0.2) is 4.39 Å². The molecule has 32 heavy (non-hydrogen) atoms. The molecule has 0 unspecified atom stereocenters. The van der Waals surface area contributed by atoms with Crippen LogP contribution >= 0.6 is 0 Å². The second kappa shape index (κ2) is 8.71. The molecule has 2 heterocycles. The molecule has 1 fully saturated rings. The van der Waals surface area contributed by atoms with Crippen LogP contribution in [0.1, 0.15) is 49.4 Å². The van der Waals surface area contributed by atoms with Gasteiger partial charge in [0.25, 0.3) is 5.56 Å². The summed E-state index contributed by atoms with van der Waals surface area (Å²) in [5, 5.41) is 11.4. The van der Waals surface area contributed by atoms with E-state index < -0.39 is 18.2 Å². The summed E-state index contributed by atoms with van der Waals surface area (Å²) in [5.74, 6) is -0.716. The summed E-state index contributed by atoms with van der Waals surface area (Å²) in [4.78, 5) is 25.3. The number of esters is 1. The number of hydrogen-bond donors (Lipinski definition) is 1. The summed E-state index contributed by atoms with van der Waals surface area (Å²) in [7, 11) is 0. The molecule has 4 rings (SSSR count). The van der Waals surface area contributed by atoms with Crippen molar-refractivity contribution >= 4 is 22.8 Å². The lowest BCUT2D eigenvalue weighted by Gasteiger charge is -2.24. The lowest BCUT2D eigenvalue weighted by Crippen LogP contribution is -2.31. The topological polar surface area (TPSA) is 68.5 Å². The van der Waals surface area contributed by atoms with Gasteiger partial charge < -0.3 is 9.84 Å². The number of pyridine rings is 1. The van der Waals surface area contributed by atoms with Crippen molar-refractivity contribution in [3.8, 4) is 5.69 Å². The highest BCUT2D eigenvalue weighted by Gasteiger charge is 2.26. The summed E-state index contributed by atoms with van der Waals surface area (Å²) < 4.78 is 20.9. The van der Waals surface area contributed by atoms with Crippen molar-refractivity contribution in [2.45, 2.75) is 51.7 Å². The van der Waals surface area contributed by atoms with Gasteiger partial charge in [-0.3, -0.25) is 14.2 Å². The van der Waals surface area contributed by atoms with Crippen molar-refractivity contribution in [3.63, 3.8) is 0 Å². The van der Waals surface area contributed by atoms with Gasteiger partial charge in [0.15, 0.2) is 0 Å². The average Bonchev–Trinajstić information content (AvgIpc) is 2.73. The number of hydrogen-bond acceptors (Lipinski definition) is 4. The van der Waals surface area contributed by atoms with Crippen LogP contribution in [0.15, 0.2) is 53.3 Å². The number of fused-ring (bicyclic) bond motifs is 1. The molecule has 1 saturated heterocycles. The smallest absolute Gasteiger partial charge is 0.309 e. The number of aromatic nitrogens is 1. The van der Waals surface area contributed by atoms with E-state index in [0.29, 0.717) is 28.8 Å². The van der Waals surface area contributed by atoms with Crippen LogP contribution < -0.4 is 5.56 Å². The Hall–Kier alpha value is -3.25. The van der Waals surface area contributed by atoms with E-state index in [2.05, 4.69) is 0 Å². The molecule has 1 aliphatic rings. The molecule has 1 aliphatic heterocycles. The zero-order valence-corrected chi connectivity index (χ0v) is 18.3. The third-order valence-electron chi connectivity index (χ3n) is 5.80. The SMILES string of the molecule is Cc1cc(-n2c(C=C[C@@H]3C[C@@H](O)CC(=O)O3)c(C(C)C)c3ccccc3c2=O)ccc1F. The molecule has 3 aromatic rings. The molecule has 0 bridgehead atoms. The minimum Gasteiger partial charge on any atom is -0.458 e. The zero-order chi connectivity index (χ0) is 23.0. The highest BCUT2D eigenvalue weighted by Crippen LogP contribution is 2.30. The number of ether oxygens (including phenoxy) is 1. The van der Waals surface area contributed by atoms with Gasteiger partial charge in [-0.15, -0.1) is 0 Å². The lowest BCUT2D eigenvalue weighted by molar-refractivity contribution is -0.156. The first kappa shape index (κ1) is 22.0. The number of nitrogens with zero attached hydrogens (tertiary/aromatic N) is 1. The third kappa shape index (κ3) is 4.10. The van der Waals surface area contributed by atoms with Crippen molar-refractivity contribution in [2.75, 3.05) is 0 Å². The van der Waals surface area contributed by atoms with Crippen molar-refractivity contribution in [1.29, 1.82) is 0 Å². The Labute approximate surface area is 185 Å². The molecule has 0 saturated carbocycles. The van der Waals surface area contributed by atoms with E-state index in [-0.39, 0.29) is 23.7 Å². The maximum atomic E-state index is 14.0. The van der Waals surface area contributed by atoms with E-state index in [4.69, 9.17) is 4.74 Å². The lowest BCUT2D eigenvalue weighted by atomic mass is 9.93. The Bertz CT molecular complexity index is 1270. The van der Waals surface area contributed by atoms with Crippen LogP contribution in [0.3, 0.4) is 0 Å². The summed E-state index contributed by atoms with van der Waals surface area (Å²) in [6.45, 7) is 5.76. The van der Waals surface area contributed by atoms with E-state index in [1.807, 2.05) is 32.0 Å². The minimum absolute atomic E-state index is 0.0167. The number of rotatable bonds is 4. The second-order valence-electron chi connectivity index (χ2n) is 8.55. The number of aryl methyl sites for hydroxylation is 1. The summed E-state index contributed by atoms with van der Waals surface area (Å²) in [6.07, 6.45) is 2.43. The van der Waals surface area contributed by atoms with Gasteiger partial charge >= 0.3 is 5.97 Å². The Balaban J connectivity index is 1.99. The molecule has 5 nitrogen and oxygen atoms in total. The molecular weight excluding hydrogens is 409 g/mol. The molecule has 1 N–H and O–H groups in total. The molecule has 166 valence electrons. The van der Waals surface area contributed by atoms with Crippen molar-refractivity contribution in [2.24, 2.45) is 0 Å². The maximum Gasteiger partial charge on any atom is 0.309 e. The molecule has 0 spiro atoms. The summed E-state index contributed by atoms with van der Waals surface area (Å²) in [5.41, 5.74) is 2.39. The van der Waals surface area contributed by atoms with Crippen molar-refractivity contribution in [3.05, 3.63) is 81.5 Å². The Morgan fingerprint density at radius 3 is 2.53 bits per heavy atom. The number of carbonyl (C=O) groups excluding carboxylic acids is 1. The fourth-order valence-electron chi connectivity index (χ4n) is 4.31. The van der Waals surface area contributed by atoms with E-state index in [1.54, 1.807) is 41.8 Å². The second-order valence-corrected chi connectivity index (χ2v) is 8.55. The Morgan fingerprint density at radius 1 is 1.16 bits per heavy atom. The van der Waals surface area contributed by atoms with Crippen molar-refractivity contribution in [1.82, 2.24) is 4.57 Å². The molecule has 0 radical (unpaired) electrons. The number of aliphatic hydroxyl groups excluding tert-OH is 1. The van der Waals surface area contributed by atoms with Crippen LogP contribution in [0.25, 0.3) is 22.5 Å². The molecule has 6 heteroatoms. The van der Waals surface area contributed by atoms with Gasteiger partial charge in [0.2, 0.25) is 0 Å². The quantitative estimate of drug-likeness (QED) is 0.606. The summed E-state index contributed by atoms with van der Waals surface area (Å²) in [6, 6.07) is 12.0. The average molecular weight is 435 g/mol. The van der Waals surface area contributed by atoms with E-state index in [9.17, 15) is 19.1 Å². The Kier molecular flexibility index (Phi) is 5.98. The van der Waals surface area contributed by atoms with Crippen LogP contribution in [0.4, 0.5) is 4.39 Å². The number of halogens is 1. The predicted octanol–water partition coefficient (Wildman–Crippen LogP) is 4.64. The van der Waals surface area contributed by atoms with E-state index >= 15 is 0 Å². The van der Waals surface area contributed by atoms with Crippen LogP contribution in [0, 0.1) is 12.7 Å². The van der Waals surface area contributed by atoms with Crippen LogP contribution in [0.5, 0.6) is 0 Å². The van der Waals surface area contributed by atoms with Crippen LogP contribution in [0.2, 0.25) is 0 Å². The molecule has 1 aromatic heterocycles. The Morgan fingerprint density at radius 2 is 1.88 bits per heavy atom. The fraction of sp³-hybridized carbons (Fsp3) is 0.308. The first-order chi connectivity index (χ1) is 15.3. The third-order valence-corrected chi connectivity index (χ3v) is 5.80. The van der Waals surface area contributed by atoms with Crippen molar-refractivity contribution < 1.29 is 19.0 Å². The van der Waals surface area contributed by atoms with Gasteiger partial charge in [0.1, 0.15) is 11.9 Å². The van der Waals surface area contributed by atoms with Gasteiger partial charge in [-0.1, -0.05) is 32.0 Å². The zero-order valence-electron chi connectivity index (χ0n) is 18.3. The van der Waals surface area contributed by atoms with E-state index in [0.717, 1.165) is 10.9 Å². The van der Waals surface area contributed by atoms with E-state index in [1.165, 1.54) is 6.07 Å². The van der Waals surface area contributed by atoms with Gasteiger partial charge in [-0.05, 0) is 65.8 Å². The monoisotopic (exact) mass is 435 g/mol. The van der Waals surface area contributed by atoms with Crippen LogP contribution in [-0.2, 0) is 9.53 Å². The number of cyclic esters (lactones) is 1. The number of benzene rings is 2. The molecule has 0 amide bonds. The van der Waals surface area contributed by atoms with Gasteiger partial charge in [0.05, 0.1) is 18.2 Å². The maximum absolute atomic E-state index is 14.0. The standard InChI is InChI=1S/C26H26FNO4/c1-15(2)25-20-6-4-5-7-21(20)26(31)28(17-8-10-22(27)16(3)12-17)23(25)11-9-19-13-18(29)14-24(30)32-19/h4-12,15,18-19,29H,13-14H2,1-3H3/t18-,19-/m1/s1. The normalized spacial score (nSPS) is 19.1. The first-order valence-electron chi connectivity index (χ1n) is 10.8. The minimum atomic E-state index is -0.756. The first-order valence-corrected chi connectivity index (χ1v) is 10.8. The van der Waals surface area contributed by atoms with Crippen LogP contribution in [-0.4, -0.2) is 27.9 Å². The molecule has 2 atom stereocenters. The highest BCUT2D eigenvalue weighted by molar-refractivity contribution is 5.88. The predicted molar refractivity (Wildman–Crippen MR) is 122 cm³/mol.